The van der Waals surface area contributed by atoms with Crippen molar-refractivity contribution in [2.45, 2.75) is 6.04 Å². The number of anilines is 1. The first-order valence-electron chi connectivity index (χ1n) is 9.28. The number of hydrogen-bond acceptors (Lipinski definition) is 9. The molecule has 0 saturated carbocycles. The van der Waals surface area contributed by atoms with Crippen LogP contribution in [-0.2, 0) is 9.53 Å². The molecule has 1 aromatic heterocycles. The van der Waals surface area contributed by atoms with Crippen LogP contribution in [-0.4, -0.2) is 53.3 Å². The number of ether oxygens (including phenoxy) is 3. The molecule has 10 nitrogen and oxygen atoms in total. The molecule has 1 aliphatic rings. The van der Waals surface area contributed by atoms with Crippen molar-refractivity contribution in [2.24, 2.45) is 0 Å². The van der Waals surface area contributed by atoms with Crippen LogP contribution in [0, 0.1) is 0 Å². The molecule has 1 aliphatic heterocycles. The third kappa shape index (κ3) is 3.48. The number of hydrogen-bond donors (Lipinski definition) is 1. The Labute approximate surface area is 177 Å². The number of methoxy groups -OCH3 is 3. The molecule has 0 bridgehead atoms. The number of carbonyl (C=O) groups excluding carboxylic acids is 2. The van der Waals surface area contributed by atoms with Crippen molar-refractivity contribution >= 4 is 17.7 Å². The maximum Gasteiger partial charge on any atom is 0.355 e. The highest BCUT2D eigenvalue weighted by molar-refractivity contribution is 6.14. The summed E-state index contributed by atoms with van der Waals surface area (Å²) in [5.74, 6) is 0.0998. The van der Waals surface area contributed by atoms with Crippen molar-refractivity contribution in [3.05, 3.63) is 70.9 Å². The second kappa shape index (κ2) is 8.27. The fraction of sp³-hybridized carbons (Fsp3) is 0.190. The molecular formula is C21H19N5O5. The molecular weight excluding hydrogens is 402 g/mol. The average molecular weight is 421 g/mol. The van der Waals surface area contributed by atoms with E-state index in [0.717, 1.165) is 0 Å². The van der Waals surface area contributed by atoms with E-state index in [0.29, 0.717) is 22.6 Å². The molecule has 10 heteroatoms. The fourth-order valence-corrected chi connectivity index (χ4v) is 3.46. The van der Waals surface area contributed by atoms with Gasteiger partial charge in [-0.15, -0.1) is 0 Å². The number of nitrogens with one attached hydrogen (secondary N) is 1. The molecule has 0 radical (unpaired) electrons. The molecule has 0 amide bonds. The summed E-state index contributed by atoms with van der Waals surface area (Å²) < 4.78 is 17.1. The predicted molar refractivity (Wildman–Crippen MR) is 109 cm³/mol. The molecule has 158 valence electrons. The van der Waals surface area contributed by atoms with Crippen LogP contribution in [0.1, 0.15) is 22.0 Å². The Balaban J connectivity index is 1.96. The highest BCUT2D eigenvalue weighted by Gasteiger charge is 2.38. The zero-order chi connectivity index (χ0) is 22.0. The topological polar surface area (TPSA) is 117 Å². The molecule has 1 atom stereocenters. The summed E-state index contributed by atoms with van der Waals surface area (Å²) in [7, 11) is 4.28. The Morgan fingerprint density at radius 1 is 1.00 bits per heavy atom. The Hall–Kier alpha value is -4.21. The Kier molecular flexibility index (Phi) is 5.35. The van der Waals surface area contributed by atoms with Crippen molar-refractivity contribution in [1.82, 2.24) is 20.2 Å². The first-order chi connectivity index (χ1) is 15.1. The van der Waals surface area contributed by atoms with Gasteiger partial charge in [0, 0.05) is 5.56 Å². The molecule has 2 heterocycles. The standard InChI is InChI=1S/C21H19N5O5/c1-29-14-10-9-13(11-15(14)30-2)18-16(19(27)12-7-5-4-6-8-12)17(20(28)31-3)22-21-23-24-25-26(18)21/h4-11,18H,1-3H3,(H,22,23,25). The van der Waals surface area contributed by atoms with E-state index in [1.54, 1.807) is 48.5 Å². The van der Waals surface area contributed by atoms with E-state index >= 15 is 0 Å². The molecule has 3 aromatic rings. The molecule has 0 aliphatic carbocycles. The maximum absolute atomic E-state index is 13.6. The first kappa shape index (κ1) is 20.1. The number of benzene rings is 2. The highest BCUT2D eigenvalue weighted by Crippen LogP contribution is 2.39. The second-order valence-electron chi connectivity index (χ2n) is 6.56. The molecule has 31 heavy (non-hydrogen) atoms. The number of ketones is 1. The van der Waals surface area contributed by atoms with Crippen LogP contribution >= 0.6 is 0 Å². The number of fused-ring (bicyclic) bond motifs is 1. The molecule has 4 rings (SSSR count). The number of Topliss-reactive ketones (excluding diaryl/α,β-unsaturated/α-hetero) is 1. The van der Waals surface area contributed by atoms with Crippen LogP contribution in [0.2, 0.25) is 0 Å². The van der Waals surface area contributed by atoms with Gasteiger partial charge in [-0.2, -0.15) is 4.68 Å². The Morgan fingerprint density at radius 3 is 2.42 bits per heavy atom. The number of nitrogens with zero attached hydrogens (tertiary/aromatic N) is 4. The SMILES string of the molecule is COC(=O)C1=C(C(=O)c2ccccc2)C(c2ccc(OC)c(OC)c2)n2nnnc2N1. The summed E-state index contributed by atoms with van der Waals surface area (Å²) in [5, 5.41) is 14.5. The van der Waals surface area contributed by atoms with Crippen LogP contribution in [0.3, 0.4) is 0 Å². The van der Waals surface area contributed by atoms with E-state index in [2.05, 4.69) is 20.8 Å². The van der Waals surface area contributed by atoms with Gasteiger partial charge in [0.2, 0.25) is 5.95 Å². The molecule has 0 fully saturated rings. The second-order valence-corrected chi connectivity index (χ2v) is 6.56. The normalized spacial score (nSPS) is 15.0. The van der Waals surface area contributed by atoms with Gasteiger partial charge in [-0.3, -0.25) is 4.79 Å². The van der Waals surface area contributed by atoms with Crippen molar-refractivity contribution in [2.75, 3.05) is 26.6 Å². The molecule has 0 spiro atoms. The zero-order valence-electron chi connectivity index (χ0n) is 17.0. The van der Waals surface area contributed by atoms with Crippen LogP contribution in [0.15, 0.2) is 59.8 Å². The summed E-state index contributed by atoms with van der Waals surface area (Å²) in [6, 6.07) is 13.0. The van der Waals surface area contributed by atoms with Gasteiger partial charge in [0.25, 0.3) is 0 Å². The van der Waals surface area contributed by atoms with Gasteiger partial charge in [-0.1, -0.05) is 41.5 Å². The van der Waals surface area contributed by atoms with Crippen LogP contribution in [0.4, 0.5) is 5.95 Å². The third-order valence-electron chi connectivity index (χ3n) is 4.91. The number of carbonyl (C=O) groups is 2. The van der Waals surface area contributed by atoms with Gasteiger partial charge in [0.15, 0.2) is 17.3 Å². The lowest BCUT2D eigenvalue weighted by Crippen LogP contribution is -2.33. The van der Waals surface area contributed by atoms with Crippen molar-refractivity contribution in [1.29, 1.82) is 0 Å². The van der Waals surface area contributed by atoms with Gasteiger partial charge < -0.3 is 19.5 Å². The number of rotatable bonds is 6. The number of allylic oxidation sites excluding steroid dienone is 1. The van der Waals surface area contributed by atoms with E-state index in [1.165, 1.54) is 26.0 Å². The maximum atomic E-state index is 13.6. The minimum atomic E-state index is -0.812. The van der Waals surface area contributed by atoms with Gasteiger partial charge in [-0.25, -0.2) is 4.79 Å². The van der Waals surface area contributed by atoms with Crippen molar-refractivity contribution in [3.63, 3.8) is 0 Å². The van der Waals surface area contributed by atoms with Gasteiger partial charge in [0.05, 0.1) is 26.9 Å². The van der Waals surface area contributed by atoms with Gasteiger partial charge in [-0.05, 0) is 28.1 Å². The summed E-state index contributed by atoms with van der Waals surface area (Å²) in [5.41, 5.74) is 1.14. The van der Waals surface area contributed by atoms with Crippen molar-refractivity contribution in [3.8, 4) is 11.5 Å². The lowest BCUT2D eigenvalue weighted by atomic mass is 9.89. The Bertz CT molecular complexity index is 1170. The largest absolute Gasteiger partial charge is 0.493 e. The van der Waals surface area contributed by atoms with Crippen LogP contribution in [0.5, 0.6) is 11.5 Å². The van der Waals surface area contributed by atoms with Crippen molar-refractivity contribution < 1.29 is 23.8 Å². The minimum Gasteiger partial charge on any atom is -0.493 e. The van der Waals surface area contributed by atoms with Gasteiger partial charge >= 0.3 is 5.97 Å². The average Bonchev–Trinajstić information content (AvgIpc) is 3.30. The highest BCUT2D eigenvalue weighted by atomic mass is 16.5. The number of aromatic nitrogens is 4. The summed E-state index contributed by atoms with van der Waals surface area (Å²) in [4.78, 5) is 26.2. The predicted octanol–water partition coefficient (Wildman–Crippen LogP) is 2.02. The van der Waals surface area contributed by atoms with E-state index in [4.69, 9.17) is 14.2 Å². The quantitative estimate of drug-likeness (QED) is 0.471. The summed E-state index contributed by atoms with van der Waals surface area (Å²) in [6.07, 6.45) is 0. The Morgan fingerprint density at radius 2 is 1.74 bits per heavy atom. The lowest BCUT2D eigenvalue weighted by Gasteiger charge is -2.28. The smallest absolute Gasteiger partial charge is 0.355 e. The summed E-state index contributed by atoms with van der Waals surface area (Å²) in [6.45, 7) is 0. The van der Waals surface area contributed by atoms with Crippen LogP contribution in [0.25, 0.3) is 0 Å². The van der Waals surface area contributed by atoms with E-state index in [9.17, 15) is 9.59 Å². The van der Waals surface area contributed by atoms with E-state index < -0.39 is 12.0 Å². The van der Waals surface area contributed by atoms with E-state index in [-0.39, 0.29) is 23.0 Å². The first-order valence-corrected chi connectivity index (χ1v) is 9.28. The zero-order valence-corrected chi connectivity index (χ0v) is 17.0. The molecule has 1 unspecified atom stereocenters. The van der Waals surface area contributed by atoms with Crippen LogP contribution < -0.4 is 14.8 Å². The molecule has 0 saturated heterocycles. The fourth-order valence-electron chi connectivity index (χ4n) is 3.46. The third-order valence-corrected chi connectivity index (χ3v) is 4.91. The minimum absolute atomic E-state index is 0.0292. The van der Waals surface area contributed by atoms with E-state index in [1.807, 2.05) is 0 Å². The molecule has 1 N–H and O–H groups in total. The summed E-state index contributed by atoms with van der Waals surface area (Å²) >= 11 is 0. The monoisotopic (exact) mass is 421 g/mol. The van der Waals surface area contributed by atoms with Gasteiger partial charge in [0.1, 0.15) is 11.7 Å². The lowest BCUT2D eigenvalue weighted by molar-refractivity contribution is -0.136. The number of esters is 1. The molecule has 2 aromatic carbocycles. The number of tetrazole rings is 1.